The van der Waals surface area contributed by atoms with Gasteiger partial charge in [-0.3, -0.25) is 9.89 Å². The van der Waals surface area contributed by atoms with E-state index in [2.05, 4.69) is 22.0 Å². The summed E-state index contributed by atoms with van der Waals surface area (Å²) < 4.78 is 0. The molecule has 2 rings (SSSR count). The van der Waals surface area contributed by atoms with Crippen LogP contribution in [-0.2, 0) is 4.79 Å². The Morgan fingerprint density at radius 1 is 1.32 bits per heavy atom. The summed E-state index contributed by atoms with van der Waals surface area (Å²) in [7, 11) is 0. The van der Waals surface area contributed by atoms with Gasteiger partial charge >= 0.3 is 5.97 Å². The number of aromatic nitrogens is 2. The average molecular weight is 314 g/mol. The van der Waals surface area contributed by atoms with Gasteiger partial charge in [-0.1, -0.05) is 35.7 Å². The zero-order valence-corrected chi connectivity index (χ0v) is 12.7. The zero-order chi connectivity index (χ0) is 15.9. The van der Waals surface area contributed by atoms with Gasteiger partial charge < -0.3 is 5.11 Å². The highest BCUT2D eigenvalue weighted by atomic mass is 32.2. The second-order valence-corrected chi connectivity index (χ2v) is 5.71. The Bertz CT molecular complexity index is 739. The first-order valence-electron chi connectivity index (χ1n) is 6.57. The van der Waals surface area contributed by atoms with Crippen LogP contribution in [0, 0.1) is 11.8 Å². The molecule has 1 aromatic heterocycles. The van der Waals surface area contributed by atoms with Crippen molar-refractivity contribution in [2.24, 2.45) is 0 Å². The van der Waals surface area contributed by atoms with Crippen molar-refractivity contribution in [3.05, 3.63) is 41.6 Å². The molecule has 0 saturated carbocycles. The minimum Gasteiger partial charge on any atom is -0.477 e. The topological polar surface area (TPSA) is 83.0 Å². The van der Waals surface area contributed by atoms with E-state index < -0.39 is 5.97 Å². The van der Waals surface area contributed by atoms with Crippen LogP contribution < -0.4 is 0 Å². The second kappa shape index (κ2) is 7.48. The molecule has 0 spiro atoms. The lowest BCUT2D eigenvalue weighted by Gasteiger charge is -1.96. The Kier molecular flexibility index (Phi) is 5.39. The van der Waals surface area contributed by atoms with Crippen LogP contribution in [0.2, 0.25) is 0 Å². The van der Waals surface area contributed by atoms with E-state index in [-0.39, 0.29) is 10.8 Å². The molecule has 0 radical (unpaired) electrons. The quantitative estimate of drug-likeness (QED) is 0.670. The van der Waals surface area contributed by atoms with Crippen LogP contribution in [0.3, 0.4) is 0 Å². The Labute approximate surface area is 132 Å². The van der Waals surface area contributed by atoms with Gasteiger partial charge in [0, 0.05) is 30.2 Å². The van der Waals surface area contributed by atoms with Gasteiger partial charge in [-0.2, -0.15) is 5.10 Å². The van der Waals surface area contributed by atoms with Crippen molar-refractivity contribution in [3.63, 3.8) is 0 Å². The highest BCUT2D eigenvalue weighted by Crippen LogP contribution is 2.18. The minimum atomic E-state index is -1.04. The molecular formula is C16H14N2O3S. The standard InChI is InChI=1S/C16H14N2O3S/c1-11(19)22-9-3-2-4-12-5-7-13(8-6-12)14-10-15(16(20)21)18-17-14/h5-8,10H,3,9H2,1H3,(H,17,18)(H,20,21). The third-order valence-electron chi connectivity index (χ3n) is 2.75. The predicted octanol–water partition coefficient (Wildman–Crippen LogP) is 2.80. The SMILES string of the molecule is CC(=O)SCCC#Cc1ccc(-c2cc(C(=O)O)[nH]n2)cc1. The average Bonchev–Trinajstić information content (AvgIpc) is 2.97. The molecule has 0 unspecified atom stereocenters. The fourth-order valence-electron chi connectivity index (χ4n) is 1.71. The molecular weight excluding hydrogens is 300 g/mol. The lowest BCUT2D eigenvalue weighted by Crippen LogP contribution is -1.95. The van der Waals surface area contributed by atoms with E-state index in [9.17, 15) is 9.59 Å². The molecule has 0 atom stereocenters. The van der Waals surface area contributed by atoms with Gasteiger partial charge in [-0.15, -0.1) is 0 Å². The van der Waals surface area contributed by atoms with Gasteiger partial charge in [0.15, 0.2) is 5.12 Å². The number of benzene rings is 1. The Morgan fingerprint density at radius 3 is 2.64 bits per heavy atom. The number of aromatic carboxylic acids is 1. The van der Waals surface area contributed by atoms with Crippen molar-refractivity contribution in [1.82, 2.24) is 10.2 Å². The molecule has 2 aromatic rings. The smallest absolute Gasteiger partial charge is 0.353 e. The normalized spacial score (nSPS) is 9.86. The van der Waals surface area contributed by atoms with Gasteiger partial charge in [-0.05, 0) is 18.2 Å². The second-order valence-electron chi connectivity index (χ2n) is 4.44. The molecule has 1 heterocycles. The maximum absolute atomic E-state index is 10.8. The molecule has 2 N–H and O–H groups in total. The van der Waals surface area contributed by atoms with Crippen molar-refractivity contribution >= 4 is 22.8 Å². The highest BCUT2D eigenvalue weighted by molar-refractivity contribution is 8.13. The first-order valence-corrected chi connectivity index (χ1v) is 7.56. The van der Waals surface area contributed by atoms with Crippen molar-refractivity contribution < 1.29 is 14.7 Å². The van der Waals surface area contributed by atoms with Crippen molar-refractivity contribution in [2.45, 2.75) is 13.3 Å². The summed E-state index contributed by atoms with van der Waals surface area (Å²) in [6, 6.07) is 8.89. The lowest BCUT2D eigenvalue weighted by atomic mass is 10.1. The van der Waals surface area contributed by atoms with E-state index in [1.807, 2.05) is 24.3 Å². The highest BCUT2D eigenvalue weighted by Gasteiger charge is 2.08. The molecule has 0 bridgehead atoms. The van der Waals surface area contributed by atoms with Crippen LogP contribution in [0.1, 0.15) is 29.4 Å². The van der Waals surface area contributed by atoms with Crippen LogP contribution in [0.5, 0.6) is 0 Å². The number of hydrogen-bond donors (Lipinski definition) is 2. The first kappa shape index (κ1) is 15.9. The largest absolute Gasteiger partial charge is 0.477 e. The number of carbonyl (C=O) groups is 2. The fraction of sp³-hybridized carbons (Fsp3) is 0.188. The van der Waals surface area contributed by atoms with E-state index in [1.165, 1.54) is 17.8 Å². The number of aromatic amines is 1. The molecule has 6 heteroatoms. The number of nitrogens with one attached hydrogen (secondary N) is 1. The lowest BCUT2D eigenvalue weighted by molar-refractivity contribution is -0.109. The van der Waals surface area contributed by atoms with E-state index in [0.29, 0.717) is 17.9 Å². The van der Waals surface area contributed by atoms with E-state index >= 15 is 0 Å². The number of H-pyrrole nitrogens is 1. The van der Waals surface area contributed by atoms with Crippen LogP contribution in [0.4, 0.5) is 0 Å². The van der Waals surface area contributed by atoms with Gasteiger partial charge in [0.25, 0.3) is 0 Å². The number of carboxylic acids is 1. The van der Waals surface area contributed by atoms with Gasteiger partial charge in [0.1, 0.15) is 5.69 Å². The summed E-state index contributed by atoms with van der Waals surface area (Å²) in [5, 5.41) is 15.4. The monoisotopic (exact) mass is 314 g/mol. The van der Waals surface area contributed by atoms with E-state index in [4.69, 9.17) is 5.11 Å². The number of nitrogens with zero attached hydrogens (tertiary/aromatic N) is 1. The maximum atomic E-state index is 10.8. The number of hydrogen-bond acceptors (Lipinski definition) is 4. The number of carboxylic acid groups (broad SMARTS) is 1. The Morgan fingerprint density at radius 2 is 2.05 bits per heavy atom. The summed E-state index contributed by atoms with van der Waals surface area (Å²) in [6.07, 6.45) is 0.660. The van der Waals surface area contributed by atoms with Gasteiger partial charge in [0.2, 0.25) is 0 Å². The molecule has 0 aliphatic carbocycles. The van der Waals surface area contributed by atoms with Gasteiger partial charge in [0.05, 0.1) is 5.69 Å². The summed E-state index contributed by atoms with van der Waals surface area (Å²) in [4.78, 5) is 21.6. The molecule has 0 amide bonds. The molecule has 5 nitrogen and oxygen atoms in total. The summed E-state index contributed by atoms with van der Waals surface area (Å²) >= 11 is 1.27. The molecule has 0 saturated heterocycles. The van der Waals surface area contributed by atoms with Crippen LogP contribution in [0.15, 0.2) is 30.3 Å². The molecule has 112 valence electrons. The summed E-state index contributed by atoms with van der Waals surface area (Å²) in [6.45, 7) is 1.54. The molecule has 0 aliphatic heterocycles. The van der Waals surface area contributed by atoms with Crippen molar-refractivity contribution in [2.75, 3.05) is 5.75 Å². The first-order chi connectivity index (χ1) is 10.6. The third-order valence-corrected chi connectivity index (χ3v) is 3.57. The number of rotatable bonds is 4. The van der Waals surface area contributed by atoms with Crippen LogP contribution >= 0.6 is 11.8 Å². The Hall–Kier alpha value is -2.52. The van der Waals surface area contributed by atoms with E-state index in [0.717, 1.165) is 11.1 Å². The summed E-state index contributed by atoms with van der Waals surface area (Å²) in [5.74, 6) is 5.70. The fourth-order valence-corrected chi connectivity index (χ4v) is 2.21. The van der Waals surface area contributed by atoms with Crippen molar-refractivity contribution in [3.8, 4) is 23.1 Å². The van der Waals surface area contributed by atoms with Crippen LogP contribution in [0.25, 0.3) is 11.3 Å². The number of thioether (sulfide) groups is 1. The molecule has 1 aromatic carbocycles. The molecule has 0 aliphatic rings. The van der Waals surface area contributed by atoms with Gasteiger partial charge in [-0.25, -0.2) is 4.79 Å². The number of carbonyl (C=O) groups excluding carboxylic acids is 1. The predicted molar refractivity (Wildman–Crippen MR) is 85.6 cm³/mol. The van der Waals surface area contributed by atoms with Crippen LogP contribution in [-0.4, -0.2) is 32.1 Å². The Balaban J connectivity index is 1.99. The third kappa shape index (κ3) is 4.50. The summed E-state index contributed by atoms with van der Waals surface area (Å²) in [5.41, 5.74) is 2.32. The van der Waals surface area contributed by atoms with E-state index in [1.54, 1.807) is 6.92 Å². The molecule has 0 fully saturated rings. The zero-order valence-electron chi connectivity index (χ0n) is 11.9. The molecule has 22 heavy (non-hydrogen) atoms. The minimum absolute atomic E-state index is 0.0573. The maximum Gasteiger partial charge on any atom is 0.353 e. The van der Waals surface area contributed by atoms with Crippen molar-refractivity contribution in [1.29, 1.82) is 0 Å².